The molecule has 1 heterocycles. The van der Waals surface area contributed by atoms with Gasteiger partial charge in [0, 0.05) is 12.0 Å². The third-order valence-electron chi connectivity index (χ3n) is 2.12. The van der Waals surface area contributed by atoms with Crippen molar-refractivity contribution in [3.8, 4) is 11.5 Å². The summed E-state index contributed by atoms with van der Waals surface area (Å²) in [7, 11) is 0. The Balaban J connectivity index is 2.36. The summed E-state index contributed by atoms with van der Waals surface area (Å²) in [5.74, 6) is 1.88. The summed E-state index contributed by atoms with van der Waals surface area (Å²) in [6.45, 7) is 4.19. The second-order valence-electron chi connectivity index (χ2n) is 3.89. The molecule has 0 atom stereocenters. The van der Waals surface area contributed by atoms with Crippen LogP contribution in [0.5, 0.6) is 11.5 Å². The van der Waals surface area contributed by atoms with Crippen LogP contribution in [-0.4, -0.2) is 5.60 Å². The molecular weight excluding hydrogens is 279 g/mol. The van der Waals surface area contributed by atoms with E-state index in [-0.39, 0.29) is 5.60 Å². The van der Waals surface area contributed by atoms with Gasteiger partial charge in [-0.3, -0.25) is 0 Å². The first-order chi connectivity index (χ1) is 6.11. The van der Waals surface area contributed by atoms with Crippen molar-refractivity contribution in [2.45, 2.75) is 25.9 Å². The topological polar surface area (TPSA) is 18.5 Å². The molecule has 0 bridgehead atoms. The summed E-state index contributed by atoms with van der Waals surface area (Å²) >= 11 is 1.89. The summed E-state index contributed by atoms with van der Waals surface area (Å²) in [6.07, 6.45) is 0.955. The fourth-order valence-corrected chi connectivity index (χ4v) is 1.91. The number of fused-ring (bicyclic) bond motifs is 1. The Morgan fingerprint density at radius 1 is 1.46 bits per heavy atom. The van der Waals surface area contributed by atoms with Gasteiger partial charge in [0.05, 0.1) is 0 Å². The highest BCUT2D eigenvalue weighted by Crippen LogP contribution is 2.36. The van der Waals surface area contributed by atoms with E-state index in [2.05, 4.69) is 13.8 Å². The van der Waals surface area contributed by atoms with Gasteiger partial charge in [-0.15, -0.1) is 0 Å². The van der Waals surface area contributed by atoms with Crippen molar-refractivity contribution in [2.24, 2.45) is 0 Å². The normalized spacial score (nSPS) is 17.8. The molecule has 0 unspecified atom stereocenters. The molecule has 0 saturated carbocycles. The molecule has 0 saturated heterocycles. The van der Waals surface area contributed by atoms with Crippen molar-refractivity contribution in [1.29, 1.82) is 0 Å². The van der Waals surface area contributed by atoms with E-state index in [0.717, 1.165) is 17.9 Å². The predicted molar refractivity (Wildman–Crippen MR) is 59.5 cm³/mol. The van der Waals surface area contributed by atoms with E-state index in [1.807, 2.05) is 41.2 Å². The molecule has 0 N–H and O–H groups in total. The van der Waals surface area contributed by atoms with Gasteiger partial charge >= 0.3 is 0 Å². The smallest absolute Gasteiger partial charge is 0.192 e. The second-order valence-corrected chi connectivity index (χ2v) is 4.33. The highest BCUT2D eigenvalue weighted by Gasteiger charge is 2.29. The molecule has 0 radical (unpaired) electrons. The maximum absolute atomic E-state index is 5.74. The summed E-state index contributed by atoms with van der Waals surface area (Å²) < 4.78 is 10.9. The minimum Gasteiger partial charge on any atom is -0.487 e. The molecule has 0 spiro atoms. The van der Waals surface area contributed by atoms with Crippen LogP contribution in [0.15, 0.2) is 18.2 Å². The number of halogens is 1. The Bertz CT molecular complexity index is 334. The fourth-order valence-electron chi connectivity index (χ4n) is 1.63. The first kappa shape index (κ1) is 9.12. The Morgan fingerprint density at radius 2 is 2.23 bits per heavy atom. The van der Waals surface area contributed by atoms with Crippen LogP contribution in [0.2, 0.25) is 0 Å². The number of ether oxygens (including phenoxy) is 1. The largest absolute Gasteiger partial charge is 0.487 e. The van der Waals surface area contributed by atoms with Gasteiger partial charge in [0.1, 0.15) is 17.1 Å². The Kier molecular flexibility index (Phi) is 2.14. The van der Waals surface area contributed by atoms with Crippen LogP contribution in [0.3, 0.4) is 0 Å². The van der Waals surface area contributed by atoms with Crippen LogP contribution in [0.25, 0.3) is 0 Å². The molecule has 2 nitrogen and oxygen atoms in total. The lowest BCUT2D eigenvalue weighted by atomic mass is 10.0. The van der Waals surface area contributed by atoms with E-state index in [9.17, 15) is 0 Å². The maximum atomic E-state index is 5.74. The molecule has 1 aromatic carbocycles. The molecule has 1 aliphatic rings. The Labute approximate surface area is 91.9 Å². The van der Waals surface area contributed by atoms with Gasteiger partial charge in [-0.25, -0.2) is 0 Å². The first-order valence-corrected chi connectivity index (χ1v) is 5.09. The van der Waals surface area contributed by atoms with E-state index < -0.39 is 0 Å². The molecule has 0 fully saturated rings. The minimum atomic E-state index is -0.0633. The highest BCUT2D eigenvalue weighted by molar-refractivity contribution is 14.1. The van der Waals surface area contributed by atoms with Crippen molar-refractivity contribution in [2.75, 3.05) is 0 Å². The average molecular weight is 290 g/mol. The minimum absolute atomic E-state index is 0.0633. The number of rotatable bonds is 1. The van der Waals surface area contributed by atoms with Crippen molar-refractivity contribution in [3.63, 3.8) is 0 Å². The van der Waals surface area contributed by atoms with Gasteiger partial charge in [0.15, 0.2) is 23.0 Å². The van der Waals surface area contributed by atoms with Gasteiger partial charge in [-0.1, -0.05) is 0 Å². The number of hydrogen-bond donors (Lipinski definition) is 0. The van der Waals surface area contributed by atoms with Crippen LogP contribution in [0.1, 0.15) is 19.4 Å². The van der Waals surface area contributed by atoms with Gasteiger partial charge in [-0.2, -0.15) is 0 Å². The molecule has 70 valence electrons. The molecule has 0 aromatic heterocycles. The monoisotopic (exact) mass is 290 g/mol. The standard InChI is InChI=1S/C10H11IO2/c1-10(2)6-7-5-8(13-11)3-4-9(7)12-10/h3-5H,6H2,1-2H3. The first-order valence-electron chi connectivity index (χ1n) is 4.21. The average Bonchev–Trinajstić information content (AvgIpc) is 2.36. The summed E-state index contributed by atoms with van der Waals surface area (Å²) in [4.78, 5) is 0. The van der Waals surface area contributed by atoms with Crippen molar-refractivity contribution in [3.05, 3.63) is 23.8 Å². The van der Waals surface area contributed by atoms with Gasteiger partial charge in [0.25, 0.3) is 0 Å². The fraction of sp³-hybridized carbons (Fsp3) is 0.400. The quantitative estimate of drug-likeness (QED) is 0.740. The van der Waals surface area contributed by atoms with Gasteiger partial charge in [0.2, 0.25) is 0 Å². The molecule has 13 heavy (non-hydrogen) atoms. The Morgan fingerprint density at radius 3 is 2.92 bits per heavy atom. The third-order valence-corrected chi connectivity index (χ3v) is 2.63. The van der Waals surface area contributed by atoms with Crippen molar-refractivity contribution < 1.29 is 7.80 Å². The lowest BCUT2D eigenvalue weighted by molar-refractivity contribution is 0.138. The van der Waals surface area contributed by atoms with Crippen LogP contribution in [0.4, 0.5) is 0 Å². The zero-order chi connectivity index (χ0) is 9.47. The number of benzene rings is 1. The van der Waals surface area contributed by atoms with Crippen LogP contribution >= 0.6 is 23.0 Å². The lowest BCUT2D eigenvalue weighted by Crippen LogP contribution is -2.24. The van der Waals surface area contributed by atoms with E-state index >= 15 is 0 Å². The summed E-state index contributed by atoms with van der Waals surface area (Å²) in [5, 5.41) is 0. The summed E-state index contributed by atoms with van der Waals surface area (Å²) in [6, 6.07) is 5.93. The zero-order valence-electron chi connectivity index (χ0n) is 7.63. The lowest BCUT2D eigenvalue weighted by Gasteiger charge is -2.16. The SMILES string of the molecule is CC1(C)Cc2cc(OI)ccc2O1. The molecular formula is C10H11IO2. The molecule has 3 heteroatoms. The predicted octanol–water partition coefficient (Wildman–Crippen LogP) is 3.13. The third kappa shape index (κ3) is 1.75. The maximum Gasteiger partial charge on any atom is 0.192 e. The molecule has 0 aliphatic carbocycles. The highest BCUT2D eigenvalue weighted by atomic mass is 127. The van der Waals surface area contributed by atoms with Crippen molar-refractivity contribution in [1.82, 2.24) is 0 Å². The second kappa shape index (κ2) is 3.04. The van der Waals surface area contributed by atoms with E-state index in [0.29, 0.717) is 0 Å². The molecule has 2 rings (SSSR count). The van der Waals surface area contributed by atoms with Gasteiger partial charge in [-0.05, 0) is 32.0 Å². The van der Waals surface area contributed by atoms with Crippen LogP contribution in [0, 0.1) is 0 Å². The van der Waals surface area contributed by atoms with Crippen LogP contribution < -0.4 is 7.80 Å². The number of hydrogen-bond acceptors (Lipinski definition) is 2. The zero-order valence-corrected chi connectivity index (χ0v) is 9.79. The van der Waals surface area contributed by atoms with E-state index in [1.54, 1.807) is 0 Å². The summed E-state index contributed by atoms with van der Waals surface area (Å²) in [5.41, 5.74) is 1.17. The van der Waals surface area contributed by atoms with E-state index in [1.165, 1.54) is 5.56 Å². The van der Waals surface area contributed by atoms with Gasteiger partial charge < -0.3 is 7.80 Å². The van der Waals surface area contributed by atoms with Crippen molar-refractivity contribution >= 4 is 23.0 Å². The van der Waals surface area contributed by atoms with Crippen LogP contribution in [-0.2, 0) is 6.42 Å². The molecule has 0 amide bonds. The molecule has 1 aromatic rings. The van der Waals surface area contributed by atoms with E-state index in [4.69, 9.17) is 7.80 Å². The Hall–Kier alpha value is -0.450. The molecule has 1 aliphatic heterocycles.